The van der Waals surface area contributed by atoms with Gasteiger partial charge in [-0.3, -0.25) is 14.4 Å². The van der Waals surface area contributed by atoms with Crippen LogP contribution in [0.25, 0.3) is 0 Å². The lowest BCUT2D eigenvalue weighted by molar-refractivity contribution is -0.146. The molecule has 1 unspecified atom stereocenters. The Morgan fingerprint density at radius 2 is 1.69 bits per heavy atom. The van der Waals surface area contributed by atoms with E-state index < -0.39 is 5.92 Å². The van der Waals surface area contributed by atoms with Gasteiger partial charge in [-0.15, -0.1) is 0 Å². The van der Waals surface area contributed by atoms with Crippen molar-refractivity contribution in [1.29, 1.82) is 0 Å². The second-order valence-corrected chi connectivity index (χ2v) is 6.93. The first-order valence-corrected chi connectivity index (χ1v) is 8.91. The minimum atomic E-state index is -0.418. The number of likely N-dealkylation sites (N-methyl/N-ethyl adjacent to an activating group) is 1. The number of benzene rings is 1. The molecule has 0 saturated heterocycles. The summed E-state index contributed by atoms with van der Waals surface area (Å²) in [5.74, 6) is -1.03. The second kappa shape index (κ2) is 10.9. The molecule has 0 radical (unpaired) electrons. The fourth-order valence-corrected chi connectivity index (χ4v) is 2.53. The molecule has 0 fully saturated rings. The molecule has 1 atom stereocenters. The fraction of sp³-hybridized carbons (Fsp3) is 0.526. The van der Waals surface area contributed by atoms with E-state index in [1.807, 2.05) is 19.0 Å². The SMILES string of the molecule is COC(=O)C(C)CN(CCN(C)C)C(=O)CCC(=O)c1ccc(Cl)cc1. The normalized spacial score (nSPS) is 11.9. The number of carbonyl (C=O) groups excluding carboxylic acids is 3. The molecule has 0 aliphatic rings. The summed E-state index contributed by atoms with van der Waals surface area (Å²) in [4.78, 5) is 40.0. The largest absolute Gasteiger partial charge is 0.469 e. The zero-order chi connectivity index (χ0) is 19.7. The van der Waals surface area contributed by atoms with Crippen LogP contribution in [0.5, 0.6) is 0 Å². The zero-order valence-corrected chi connectivity index (χ0v) is 16.6. The van der Waals surface area contributed by atoms with Gasteiger partial charge in [-0.05, 0) is 38.4 Å². The van der Waals surface area contributed by atoms with Crippen molar-refractivity contribution in [3.8, 4) is 0 Å². The van der Waals surface area contributed by atoms with Gasteiger partial charge in [-0.25, -0.2) is 0 Å². The summed E-state index contributed by atoms with van der Waals surface area (Å²) in [6.07, 6.45) is 0.217. The van der Waals surface area contributed by atoms with Crippen molar-refractivity contribution in [3.63, 3.8) is 0 Å². The predicted octanol–water partition coefficient (Wildman–Crippen LogP) is 2.50. The Kier molecular flexibility index (Phi) is 9.30. The minimum Gasteiger partial charge on any atom is -0.469 e. The molecule has 0 spiro atoms. The molecule has 0 aliphatic carbocycles. The maximum Gasteiger partial charge on any atom is 0.310 e. The van der Waals surface area contributed by atoms with Crippen LogP contribution in [0.2, 0.25) is 5.02 Å². The molecule has 144 valence electrons. The lowest BCUT2D eigenvalue weighted by Crippen LogP contribution is -2.41. The van der Waals surface area contributed by atoms with Crippen LogP contribution in [-0.4, -0.2) is 68.3 Å². The quantitative estimate of drug-likeness (QED) is 0.459. The molecule has 0 aromatic heterocycles. The second-order valence-electron chi connectivity index (χ2n) is 6.50. The van der Waals surface area contributed by atoms with Crippen LogP contribution < -0.4 is 0 Å². The molecular formula is C19H27ClN2O4. The number of carbonyl (C=O) groups is 3. The van der Waals surface area contributed by atoms with E-state index >= 15 is 0 Å². The monoisotopic (exact) mass is 382 g/mol. The van der Waals surface area contributed by atoms with E-state index in [4.69, 9.17) is 16.3 Å². The number of halogens is 1. The van der Waals surface area contributed by atoms with Gasteiger partial charge in [0.05, 0.1) is 13.0 Å². The van der Waals surface area contributed by atoms with Crippen LogP contribution in [0.1, 0.15) is 30.1 Å². The topological polar surface area (TPSA) is 66.9 Å². The van der Waals surface area contributed by atoms with Gasteiger partial charge < -0.3 is 14.5 Å². The van der Waals surface area contributed by atoms with Gasteiger partial charge in [0.1, 0.15) is 0 Å². The Labute approximate surface area is 160 Å². The highest BCUT2D eigenvalue weighted by Gasteiger charge is 2.22. The van der Waals surface area contributed by atoms with Crippen molar-refractivity contribution >= 4 is 29.3 Å². The Bertz CT molecular complexity index is 616. The van der Waals surface area contributed by atoms with E-state index in [0.29, 0.717) is 23.7 Å². The zero-order valence-electron chi connectivity index (χ0n) is 15.8. The summed E-state index contributed by atoms with van der Waals surface area (Å²) in [5, 5.41) is 0.560. The van der Waals surface area contributed by atoms with E-state index in [1.165, 1.54) is 7.11 Å². The van der Waals surface area contributed by atoms with Crippen LogP contribution in [0.15, 0.2) is 24.3 Å². The number of ketones is 1. The van der Waals surface area contributed by atoms with Gasteiger partial charge in [-0.1, -0.05) is 18.5 Å². The maximum absolute atomic E-state index is 12.6. The van der Waals surface area contributed by atoms with Crippen molar-refractivity contribution in [1.82, 2.24) is 9.80 Å². The lowest BCUT2D eigenvalue weighted by Gasteiger charge is -2.26. The highest BCUT2D eigenvalue weighted by molar-refractivity contribution is 6.30. The standard InChI is InChI=1S/C19H27ClN2O4/c1-14(19(25)26-4)13-22(12-11-21(2)3)18(24)10-9-17(23)15-5-7-16(20)8-6-15/h5-8,14H,9-13H2,1-4H3. The highest BCUT2D eigenvalue weighted by Crippen LogP contribution is 2.13. The highest BCUT2D eigenvalue weighted by atomic mass is 35.5. The number of hydrogen-bond donors (Lipinski definition) is 0. The van der Waals surface area contributed by atoms with Gasteiger partial charge in [0, 0.05) is 43.1 Å². The molecule has 0 aliphatic heterocycles. The summed E-state index contributed by atoms with van der Waals surface area (Å²) in [6.45, 7) is 3.15. The molecule has 0 bridgehead atoms. The summed E-state index contributed by atoms with van der Waals surface area (Å²) in [7, 11) is 5.16. The molecule has 1 rings (SSSR count). The number of Topliss-reactive ketones (excluding diaryl/α,β-unsaturated/α-hetero) is 1. The number of hydrogen-bond acceptors (Lipinski definition) is 5. The lowest BCUT2D eigenvalue weighted by atomic mass is 10.1. The molecule has 0 N–H and O–H groups in total. The third kappa shape index (κ3) is 7.54. The number of amides is 1. The summed E-state index contributed by atoms with van der Waals surface area (Å²) >= 11 is 5.82. The third-order valence-electron chi connectivity index (χ3n) is 4.00. The molecule has 1 aromatic rings. The average molecular weight is 383 g/mol. The Morgan fingerprint density at radius 3 is 2.23 bits per heavy atom. The average Bonchev–Trinajstić information content (AvgIpc) is 2.62. The Morgan fingerprint density at radius 1 is 1.08 bits per heavy atom. The predicted molar refractivity (Wildman–Crippen MR) is 101 cm³/mol. The summed E-state index contributed by atoms with van der Waals surface area (Å²) in [5.41, 5.74) is 0.532. The van der Waals surface area contributed by atoms with E-state index in [2.05, 4.69) is 0 Å². The molecule has 0 heterocycles. The first-order valence-electron chi connectivity index (χ1n) is 8.53. The van der Waals surface area contributed by atoms with Crippen LogP contribution >= 0.6 is 11.6 Å². The molecule has 6 nitrogen and oxygen atoms in total. The van der Waals surface area contributed by atoms with Crippen molar-refractivity contribution in [3.05, 3.63) is 34.9 Å². The van der Waals surface area contributed by atoms with E-state index in [0.717, 1.165) is 0 Å². The number of methoxy groups -OCH3 is 1. The fourth-order valence-electron chi connectivity index (χ4n) is 2.40. The molecule has 26 heavy (non-hydrogen) atoms. The van der Waals surface area contributed by atoms with Gasteiger partial charge in [0.2, 0.25) is 5.91 Å². The van der Waals surface area contributed by atoms with Crippen molar-refractivity contribution in [2.24, 2.45) is 5.92 Å². The van der Waals surface area contributed by atoms with Crippen molar-refractivity contribution < 1.29 is 19.1 Å². The van der Waals surface area contributed by atoms with Crippen LogP contribution in [0.4, 0.5) is 0 Å². The number of esters is 1. The van der Waals surface area contributed by atoms with E-state index in [9.17, 15) is 14.4 Å². The number of nitrogens with zero attached hydrogens (tertiary/aromatic N) is 2. The van der Waals surface area contributed by atoms with Crippen LogP contribution in [0.3, 0.4) is 0 Å². The van der Waals surface area contributed by atoms with Gasteiger partial charge in [-0.2, -0.15) is 0 Å². The van der Waals surface area contributed by atoms with Gasteiger partial charge in [0.25, 0.3) is 0 Å². The van der Waals surface area contributed by atoms with Gasteiger partial charge >= 0.3 is 5.97 Å². The molecular weight excluding hydrogens is 356 g/mol. The first-order chi connectivity index (χ1) is 12.2. The van der Waals surface area contributed by atoms with Crippen LogP contribution in [0, 0.1) is 5.92 Å². The third-order valence-corrected chi connectivity index (χ3v) is 4.25. The minimum absolute atomic E-state index is 0.1000. The Balaban J connectivity index is 2.66. The molecule has 0 saturated carbocycles. The molecule has 1 aromatic carbocycles. The smallest absolute Gasteiger partial charge is 0.310 e. The molecule has 1 amide bonds. The summed E-state index contributed by atoms with van der Waals surface area (Å²) < 4.78 is 4.73. The Hall–Kier alpha value is -1.92. The van der Waals surface area contributed by atoms with Crippen molar-refractivity contribution in [2.75, 3.05) is 40.8 Å². The van der Waals surface area contributed by atoms with E-state index in [1.54, 1.807) is 36.1 Å². The number of rotatable bonds is 10. The molecule has 7 heteroatoms. The van der Waals surface area contributed by atoms with Crippen molar-refractivity contribution in [2.45, 2.75) is 19.8 Å². The first kappa shape index (κ1) is 22.1. The number of ether oxygens (including phenoxy) is 1. The van der Waals surface area contributed by atoms with Crippen LogP contribution in [-0.2, 0) is 14.3 Å². The maximum atomic E-state index is 12.6. The summed E-state index contributed by atoms with van der Waals surface area (Å²) in [6, 6.07) is 6.60. The van der Waals surface area contributed by atoms with E-state index in [-0.39, 0.29) is 37.0 Å². The van der Waals surface area contributed by atoms with Gasteiger partial charge in [0.15, 0.2) is 5.78 Å².